The maximum atomic E-state index is 12.9. The smallest absolute Gasteiger partial charge is 0.326 e. The van der Waals surface area contributed by atoms with Crippen molar-refractivity contribution in [2.24, 2.45) is 5.92 Å². The van der Waals surface area contributed by atoms with Crippen molar-refractivity contribution in [3.05, 3.63) is 30.0 Å². The molecule has 2 saturated carbocycles. The van der Waals surface area contributed by atoms with E-state index in [0.717, 1.165) is 37.9 Å². The summed E-state index contributed by atoms with van der Waals surface area (Å²) in [6.45, 7) is 8.38. The van der Waals surface area contributed by atoms with E-state index in [1.807, 2.05) is 6.07 Å². The Morgan fingerprint density at radius 1 is 1.08 bits per heavy atom. The number of benzene rings is 1. The number of amides is 3. The van der Waals surface area contributed by atoms with Crippen LogP contribution in [0.25, 0.3) is 0 Å². The zero-order chi connectivity index (χ0) is 28.2. The molecule has 39 heavy (non-hydrogen) atoms. The number of hydrogen-bond donors (Lipinski definition) is 3. The molecule has 0 bridgehead atoms. The van der Waals surface area contributed by atoms with Gasteiger partial charge in [0.25, 0.3) is 5.91 Å². The normalized spacial score (nSPS) is 16.9. The van der Waals surface area contributed by atoms with E-state index in [4.69, 9.17) is 9.26 Å². The van der Waals surface area contributed by atoms with Gasteiger partial charge in [-0.3, -0.25) is 10.1 Å². The summed E-state index contributed by atoms with van der Waals surface area (Å²) in [5.74, 6) is 0.193. The van der Waals surface area contributed by atoms with E-state index in [1.165, 1.54) is 13.3 Å². The molecule has 11 nitrogen and oxygen atoms in total. The van der Waals surface area contributed by atoms with Gasteiger partial charge in [-0.05, 0) is 57.6 Å². The standard InChI is InChI=1S/C27H39N5O6S/c1-17(2)16-32(20-8-6-5-7-9-20)24-13-10-21(37-19(4)26(33)31-39(35,36)22-11-12-22)15-23(24)28-27(34)29-25-14-18(3)30-38-25/h10,13-15,17,19-20,22H,5-9,11-12,16H2,1-4H3,(H,31,33)(H2,28,29,34). The van der Waals surface area contributed by atoms with Crippen molar-refractivity contribution in [2.45, 2.75) is 90.0 Å². The van der Waals surface area contributed by atoms with E-state index in [2.05, 4.69) is 39.3 Å². The summed E-state index contributed by atoms with van der Waals surface area (Å²) in [4.78, 5) is 27.8. The molecule has 1 aromatic carbocycles. The number of rotatable bonds is 11. The maximum Gasteiger partial charge on any atom is 0.326 e. The molecule has 0 radical (unpaired) electrons. The van der Waals surface area contributed by atoms with Crippen LogP contribution < -0.4 is 25.0 Å². The highest BCUT2D eigenvalue weighted by Gasteiger charge is 2.37. The molecular formula is C27H39N5O6S. The first-order valence-electron chi connectivity index (χ1n) is 13.7. The van der Waals surface area contributed by atoms with Crippen molar-refractivity contribution in [3.8, 4) is 5.75 Å². The minimum absolute atomic E-state index is 0.215. The van der Waals surface area contributed by atoms with Crippen LogP contribution in [0.3, 0.4) is 0 Å². The SMILES string of the molecule is Cc1cc(NC(=O)Nc2cc(OC(C)C(=O)NS(=O)(=O)C3CC3)ccc2N(CC(C)C)C2CCCCC2)on1. The fraction of sp³-hybridized carbons (Fsp3) is 0.593. The Morgan fingerprint density at radius 2 is 1.79 bits per heavy atom. The van der Waals surface area contributed by atoms with E-state index < -0.39 is 33.3 Å². The third-order valence-corrected chi connectivity index (χ3v) is 8.69. The zero-order valence-corrected chi connectivity index (χ0v) is 23.8. The van der Waals surface area contributed by atoms with Gasteiger partial charge in [0.1, 0.15) is 5.75 Å². The lowest BCUT2D eigenvalue weighted by molar-refractivity contribution is -0.125. The molecule has 3 amide bonds. The fourth-order valence-electron chi connectivity index (χ4n) is 4.80. The fourth-order valence-corrected chi connectivity index (χ4v) is 6.17. The Hall–Kier alpha value is -3.28. The lowest BCUT2D eigenvalue weighted by Gasteiger charge is -2.38. The second kappa shape index (κ2) is 12.3. The van der Waals surface area contributed by atoms with Crippen molar-refractivity contribution < 1.29 is 27.3 Å². The van der Waals surface area contributed by atoms with Gasteiger partial charge in [0.2, 0.25) is 15.9 Å². The van der Waals surface area contributed by atoms with Crippen LogP contribution >= 0.6 is 0 Å². The Morgan fingerprint density at radius 3 is 2.41 bits per heavy atom. The van der Waals surface area contributed by atoms with Gasteiger partial charge in [0.05, 0.1) is 22.3 Å². The number of anilines is 3. The van der Waals surface area contributed by atoms with Crippen molar-refractivity contribution in [2.75, 3.05) is 22.1 Å². The molecule has 1 heterocycles. The predicted molar refractivity (Wildman–Crippen MR) is 150 cm³/mol. The van der Waals surface area contributed by atoms with Gasteiger partial charge in [-0.15, -0.1) is 0 Å². The number of sulfonamides is 1. The summed E-state index contributed by atoms with van der Waals surface area (Å²) in [6, 6.07) is 6.73. The minimum atomic E-state index is -3.68. The molecule has 0 aliphatic heterocycles. The Bertz CT molecular complexity index is 1270. The lowest BCUT2D eigenvalue weighted by atomic mass is 9.93. The maximum absolute atomic E-state index is 12.9. The highest BCUT2D eigenvalue weighted by Crippen LogP contribution is 2.36. The van der Waals surface area contributed by atoms with Crippen molar-refractivity contribution in [1.82, 2.24) is 9.88 Å². The average molecular weight is 562 g/mol. The van der Waals surface area contributed by atoms with Gasteiger partial charge in [-0.25, -0.2) is 17.9 Å². The first kappa shape index (κ1) is 28.7. The number of hydrogen-bond acceptors (Lipinski definition) is 8. The van der Waals surface area contributed by atoms with E-state index in [0.29, 0.717) is 41.9 Å². The molecule has 1 unspecified atom stereocenters. The van der Waals surface area contributed by atoms with Crippen molar-refractivity contribution >= 4 is 39.2 Å². The molecule has 2 fully saturated rings. The number of carbonyl (C=O) groups is 2. The van der Waals surface area contributed by atoms with Crippen molar-refractivity contribution in [1.29, 1.82) is 0 Å². The molecule has 0 saturated heterocycles. The largest absolute Gasteiger partial charge is 0.481 e. The van der Waals surface area contributed by atoms with E-state index in [-0.39, 0.29) is 5.88 Å². The van der Waals surface area contributed by atoms with Crippen LogP contribution in [-0.2, 0) is 14.8 Å². The van der Waals surface area contributed by atoms with Crippen LogP contribution in [0, 0.1) is 12.8 Å². The Balaban J connectivity index is 1.58. The number of ether oxygens (including phenoxy) is 1. The number of aromatic nitrogens is 1. The monoisotopic (exact) mass is 561 g/mol. The highest BCUT2D eigenvalue weighted by atomic mass is 32.2. The molecule has 214 valence electrons. The Labute approximate surface area is 230 Å². The van der Waals surface area contributed by atoms with E-state index >= 15 is 0 Å². The number of carbonyl (C=O) groups excluding carboxylic acids is 2. The molecule has 0 spiro atoms. The molecule has 4 rings (SSSR count). The van der Waals surface area contributed by atoms with Gasteiger partial charge in [-0.1, -0.05) is 38.3 Å². The summed E-state index contributed by atoms with van der Waals surface area (Å²) < 4.78 is 37.4. The number of nitrogens with one attached hydrogen (secondary N) is 3. The van der Waals surface area contributed by atoms with Crippen LogP contribution in [0.4, 0.5) is 22.1 Å². The van der Waals surface area contributed by atoms with E-state index in [9.17, 15) is 18.0 Å². The molecule has 2 aromatic rings. The third-order valence-electron chi connectivity index (χ3n) is 6.86. The number of nitrogens with zero attached hydrogens (tertiary/aromatic N) is 2. The van der Waals surface area contributed by atoms with Crippen LogP contribution in [0.2, 0.25) is 0 Å². The number of urea groups is 1. The highest BCUT2D eigenvalue weighted by molar-refractivity contribution is 7.90. The topological polar surface area (TPSA) is 143 Å². The second-order valence-corrected chi connectivity index (χ2v) is 12.9. The third kappa shape index (κ3) is 7.87. The number of aryl methyl sites for hydroxylation is 1. The van der Waals surface area contributed by atoms with Crippen LogP contribution in [0.5, 0.6) is 5.75 Å². The minimum Gasteiger partial charge on any atom is -0.481 e. The van der Waals surface area contributed by atoms with Crippen LogP contribution in [0.1, 0.15) is 71.4 Å². The van der Waals surface area contributed by atoms with Gasteiger partial charge in [0, 0.05) is 24.7 Å². The average Bonchev–Trinajstić information content (AvgIpc) is 3.66. The van der Waals surface area contributed by atoms with Crippen molar-refractivity contribution in [3.63, 3.8) is 0 Å². The second-order valence-electron chi connectivity index (χ2n) is 10.9. The summed E-state index contributed by atoms with van der Waals surface area (Å²) in [6.07, 6.45) is 5.72. The molecule has 2 aliphatic carbocycles. The lowest BCUT2D eigenvalue weighted by Crippen LogP contribution is -2.41. The quantitative estimate of drug-likeness (QED) is 0.355. The van der Waals surface area contributed by atoms with Gasteiger partial charge >= 0.3 is 6.03 Å². The van der Waals surface area contributed by atoms with Crippen LogP contribution in [-0.4, -0.2) is 49.5 Å². The molecule has 1 atom stereocenters. The Kier molecular flexibility index (Phi) is 9.04. The molecule has 3 N–H and O–H groups in total. The van der Waals surface area contributed by atoms with Gasteiger partial charge in [-0.2, -0.15) is 0 Å². The van der Waals surface area contributed by atoms with Crippen LogP contribution in [0.15, 0.2) is 28.8 Å². The van der Waals surface area contributed by atoms with Gasteiger partial charge < -0.3 is 19.5 Å². The summed E-state index contributed by atoms with van der Waals surface area (Å²) >= 11 is 0. The molecule has 2 aliphatic rings. The molecular weight excluding hydrogens is 522 g/mol. The summed E-state index contributed by atoms with van der Waals surface area (Å²) in [5.41, 5.74) is 1.99. The summed E-state index contributed by atoms with van der Waals surface area (Å²) in [7, 11) is -3.68. The summed E-state index contributed by atoms with van der Waals surface area (Å²) in [5, 5.41) is 8.84. The molecule has 12 heteroatoms. The molecule has 1 aromatic heterocycles. The predicted octanol–water partition coefficient (Wildman–Crippen LogP) is 4.80. The van der Waals surface area contributed by atoms with E-state index in [1.54, 1.807) is 25.1 Å². The first-order valence-corrected chi connectivity index (χ1v) is 15.2. The first-order chi connectivity index (χ1) is 18.5. The van der Waals surface area contributed by atoms with Gasteiger partial charge in [0.15, 0.2) is 6.10 Å². The zero-order valence-electron chi connectivity index (χ0n) is 23.0.